The summed E-state index contributed by atoms with van der Waals surface area (Å²) < 4.78 is 0. The number of nitrogens with two attached hydrogens (primary N) is 1. The maximum atomic E-state index is 12.2. The fourth-order valence-corrected chi connectivity index (χ4v) is 3.64. The third-order valence-corrected chi connectivity index (χ3v) is 4.74. The lowest BCUT2D eigenvalue weighted by Crippen LogP contribution is -2.47. The Labute approximate surface area is 123 Å². The summed E-state index contributed by atoms with van der Waals surface area (Å²) in [5, 5.41) is 0. The molecule has 1 saturated heterocycles. The lowest BCUT2D eigenvalue weighted by Gasteiger charge is -2.45. The number of carbonyl (C=O) groups excluding carboxylic acids is 1. The summed E-state index contributed by atoms with van der Waals surface area (Å²) in [6, 6.07) is 0.141. The van der Waals surface area contributed by atoms with E-state index in [4.69, 9.17) is 5.73 Å². The van der Waals surface area contributed by atoms with Crippen molar-refractivity contribution in [3.63, 3.8) is 0 Å². The van der Waals surface area contributed by atoms with Crippen LogP contribution in [0, 0.1) is 5.41 Å². The molecule has 0 aromatic rings. The van der Waals surface area contributed by atoms with Crippen molar-refractivity contribution < 1.29 is 4.79 Å². The molecule has 1 heterocycles. The summed E-state index contributed by atoms with van der Waals surface area (Å²) in [5.41, 5.74) is 6.21. The molecule has 4 heteroatoms. The molecule has 2 rings (SSSR count). The number of nitrogens with zero attached hydrogens (tertiary/aromatic N) is 1. The van der Waals surface area contributed by atoms with Gasteiger partial charge in [-0.2, -0.15) is 0 Å². The Balaban J connectivity index is 0.00000180. The van der Waals surface area contributed by atoms with Gasteiger partial charge < -0.3 is 10.6 Å². The Morgan fingerprint density at radius 2 is 1.84 bits per heavy atom. The maximum absolute atomic E-state index is 12.2. The fraction of sp³-hybridized carbons (Fsp3) is 0.933. The minimum absolute atomic E-state index is 0. The van der Waals surface area contributed by atoms with Gasteiger partial charge in [0.2, 0.25) is 5.91 Å². The highest BCUT2D eigenvalue weighted by Gasteiger charge is 2.37. The van der Waals surface area contributed by atoms with Crippen molar-refractivity contribution in [3.05, 3.63) is 0 Å². The van der Waals surface area contributed by atoms with Gasteiger partial charge >= 0.3 is 0 Å². The summed E-state index contributed by atoms with van der Waals surface area (Å²) in [4.78, 5) is 14.3. The van der Waals surface area contributed by atoms with E-state index in [1.54, 1.807) is 0 Å². The first-order valence-corrected chi connectivity index (χ1v) is 7.65. The van der Waals surface area contributed by atoms with Crippen molar-refractivity contribution in [2.75, 3.05) is 13.1 Å². The van der Waals surface area contributed by atoms with Crippen molar-refractivity contribution in [1.82, 2.24) is 4.90 Å². The van der Waals surface area contributed by atoms with Gasteiger partial charge in [-0.15, -0.1) is 12.4 Å². The minimum atomic E-state index is 0. The van der Waals surface area contributed by atoms with Crippen LogP contribution in [0.3, 0.4) is 0 Å². The monoisotopic (exact) mass is 288 g/mol. The van der Waals surface area contributed by atoms with E-state index < -0.39 is 0 Å². The highest BCUT2D eigenvalue weighted by atomic mass is 35.5. The van der Waals surface area contributed by atoms with Crippen LogP contribution in [0.15, 0.2) is 0 Å². The lowest BCUT2D eigenvalue weighted by atomic mass is 9.69. The van der Waals surface area contributed by atoms with Crippen LogP contribution in [-0.4, -0.2) is 29.9 Å². The predicted octanol–water partition coefficient (Wildman–Crippen LogP) is 3.11. The van der Waals surface area contributed by atoms with Crippen LogP contribution in [0.1, 0.15) is 64.7 Å². The number of carbonyl (C=O) groups is 1. The zero-order valence-electron chi connectivity index (χ0n) is 12.2. The molecule has 0 aromatic heterocycles. The van der Waals surface area contributed by atoms with Gasteiger partial charge in [-0.25, -0.2) is 0 Å². The summed E-state index contributed by atoms with van der Waals surface area (Å²) in [5.74, 6) is 0.331. The fourth-order valence-electron chi connectivity index (χ4n) is 3.64. The third-order valence-electron chi connectivity index (χ3n) is 4.74. The molecule has 1 spiro atoms. The molecule has 1 atom stereocenters. The van der Waals surface area contributed by atoms with Crippen LogP contribution < -0.4 is 5.73 Å². The smallest absolute Gasteiger partial charge is 0.222 e. The molecule has 2 fully saturated rings. The second-order valence-electron chi connectivity index (χ2n) is 6.50. The van der Waals surface area contributed by atoms with Crippen molar-refractivity contribution in [1.29, 1.82) is 0 Å². The first kappa shape index (κ1) is 16.8. The highest BCUT2D eigenvalue weighted by Crippen LogP contribution is 2.43. The van der Waals surface area contributed by atoms with Crippen LogP contribution in [0.25, 0.3) is 0 Å². The summed E-state index contributed by atoms with van der Waals surface area (Å²) in [6.07, 6.45) is 10.8. The summed E-state index contributed by atoms with van der Waals surface area (Å²) >= 11 is 0. The molecular weight excluding hydrogens is 260 g/mol. The van der Waals surface area contributed by atoms with E-state index in [1.807, 2.05) is 6.92 Å². The summed E-state index contributed by atoms with van der Waals surface area (Å²) in [6.45, 7) is 3.97. The second-order valence-corrected chi connectivity index (χ2v) is 6.50. The Hall–Kier alpha value is -0.280. The van der Waals surface area contributed by atoms with Crippen LogP contribution >= 0.6 is 12.4 Å². The largest absolute Gasteiger partial charge is 0.342 e. The molecule has 0 bridgehead atoms. The van der Waals surface area contributed by atoms with E-state index in [-0.39, 0.29) is 18.4 Å². The van der Waals surface area contributed by atoms with E-state index in [0.717, 1.165) is 19.5 Å². The number of likely N-dealkylation sites (tertiary alicyclic amines) is 1. The van der Waals surface area contributed by atoms with E-state index in [0.29, 0.717) is 17.7 Å². The molecule has 2 N–H and O–H groups in total. The van der Waals surface area contributed by atoms with Gasteiger partial charge in [0, 0.05) is 25.6 Å². The Morgan fingerprint density at radius 3 is 2.47 bits per heavy atom. The molecule has 2 aliphatic rings. The van der Waals surface area contributed by atoms with E-state index >= 15 is 0 Å². The zero-order valence-corrected chi connectivity index (χ0v) is 13.0. The van der Waals surface area contributed by atoms with Gasteiger partial charge in [0.05, 0.1) is 0 Å². The van der Waals surface area contributed by atoms with E-state index in [9.17, 15) is 4.79 Å². The predicted molar refractivity (Wildman–Crippen MR) is 81.5 cm³/mol. The molecule has 1 amide bonds. The van der Waals surface area contributed by atoms with Crippen molar-refractivity contribution in [3.8, 4) is 0 Å². The molecule has 3 nitrogen and oxygen atoms in total. The Kier molecular flexibility index (Phi) is 6.61. The SMILES string of the molecule is CC(N)CCC(=O)N1CCCC2(CCCCC2)C1.Cl. The van der Waals surface area contributed by atoms with Crippen LogP contribution in [0.5, 0.6) is 0 Å². The number of halogens is 1. The average Bonchev–Trinajstić information content (AvgIpc) is 2.37. The van der Waals surface area contributed by atoms with Gasteiger partial charge in [-0.3, -0.25) is 4.79 Å². The highest BCUT2D eigenvalue weighted by molar-refractivity contribution is 5.85. The average molecular weight is 289 g/mol. The number of hydrogen-bond donors (Lipinski definition) is 1. The van der Waals surface area contributed by atoms with Gasteiger partial charge in [-0.05, 0) is 44.4 Å². The zero-order chi connectivity index (χ0) is 13.0. The first-order chi connectivity index (χ1) is 8.61. The van der Waals surface area contributed by atoms with Gasteiger partial charge in [-0.1, -0.05) is 19.3 Å². The molecule has 1 saturated carbocycles. The lowest BCUT2D eigenvalue weighted by molar-refractivity contribution is -0.135. The van der Waals surface area contributed by atoms with Crippen molar-refractivity contribution >= 4 is 18.3 Å². The van der Waals surface area contributed by atoms with Crippen LogP contribution in [0.2, 0.25) is 0 Å². The van der Waals surface area contributed by atoms with E-state index in [2.05, 4.69) is 4.90 Å². The van der Waals surface area contributed by atoms with Crippen LogP contribution in [-0.2, 0) is 4.79 Å². The topological polar surface area (TPSA) is 46.3 Å². The summed E-state index contributed by atoms with van der Waals surface area (Å²) in [7, 11) is 0. The van der Waals surface area contributed by atoms with Gasteiger partial charge in [0.25, 0.3) is 0 Å². The maximum Gasteiger partial charge on any atom is 0.222 e. The molecule has 0 radical (unpaired) electrons. The molecule has 0 aromatic carbocycles. The molecule has 19 heavy (non-hydrogen) atoms. The van der Waals surface area contributed by atoms with Crippen molar-refractivity contribution in [2.24, 2.45) is 11.1 Å². The molecule has 112 valence electrons. The van der Waals surface area contributed by atoms with Gasteiger partial charge in [0.1, 0.15) is 0 Å². The number of piperidine rings is 1. The van der Waals surface area contributed by atoms with E-state index in [1.165, 1.54) is 44.9 Å². The third kappa shape index (κ3) is 4.64. The number of amides is 1. The first-order valence-electron chi connectivity index (χ1n) is 7.65. The molecule has 1 aliphatic heterocycles. The molecule has 1 aliphatic carbocycles. The Bertz CT molecular complexity index is 282. The number of hydrogen-bond acceptors (Lipinski definition) is 2. The quantitative estimate of drug-likeness (QED) is 0.867. The molecule has 1 unspecified atom stereocenters. The minimum Gasteiger partial charge on any atom is -0.342 e. The van der Waals surface area contributed by atoms with Crippen LogP contribution in [0.4, 0.5) is 0 Å². The number of rotatable bonds is 3. The second kappa shape index (κ2) is 7.49. The normalized spacial score (nSPS) is 23.8. The Morgan fingerprint density at radius 1 is 1.21 bits per heavy atom. The standard InChI is InChI=1S/C15H28N2O.ClH/c1-13(16)6-7-14(18)17-11-5-10-15(12-17)8-3-2-4-9-15;/h13H,2-12,16H2,1H3;1H. The molecular formula is C15H29ClN2O. The van der Waals surface area contributed by atoms with Gasteiger partial charge in [0.15, 0.2) is 0 Å². The van der Waals surface area contributed by atoms with Crippen molar-refractivity contribution in [2.45, 2.75) is 70.8 Å².